The van der Waals surface area contributed by atoms with Crippen LogP contribution in [0.3, 0.4) is 0 Å². The van der Waals surface area contributed by atoms with Crippen molar-refractivity contribution in [2.75, 3.05) is 0 Å². The summed E-state index contributed by atoms with van der Waals surface area (Å²) in [6.45, 7) is 4.17. The topological polar surface area (TPSA) is 35.5 Å². The summed E-state index contributed by atoms with van der Waals surface area (Å²) in [5.41, 5.74) is 3.49. The first-order valence-electron chi connectivity index (χ1n) is 8.80. The van der Waals surface area contributed by atoms with Gasteiger partial charge in [-0.25, -0.2) is 0 Å². The van der Waals surface area contributed by atoms with Crippen molar-refractivity contribution in [3.63, 3.8) is 0 Å². The van der Waals surface area contributed by atoms with Crippen LogP contribution in [0.25, 0.3) is 12.2 Å². The average Bonchev–Trinajstić information content (AvgIpc) is 3.03. The Morgan fingerprint density at radius 2 is 1.68 bits per heavy atom. The maximum absolute atomic E-state index is 12.6. The van der Waals surface area contributed by atoms with Gasteiger partial charge in [0.25, 0.3) is 0 Å². The lowest BCUT2D eigenvalue weighted by Crippen LogP contribution is -1.98. The van der Waals surface area contributed by atoms with Gasteiger partial charge in [-0.05, 0) is 47.0 Å². The highest BCUT2D eigenvalue weighted by atomic mass is 35.5. The van der Waals surface area contributed by atoms with Crippen LogP contribution >= 0.6 is 11.6 Å². The predicted molar refractivity (Wildman–Crippen MR) is 112 cm³/mol. The van der Waals surface area contributed by atoms with E-state index in [0.717, 1.165) is 16.7 Å². The SMILES string of the molecule is C=Cc1ccc(COc2ccc3c(c2)OC(=Cc2ccc(Cl)cc2)C3=O)cc1. The number of benzene rings is 3. The van der Waals surface area contributed by atoms with Crippen LogP contribution in [0.1, 0.15) is 27.0 Å². The Labute approximate surface area is 168 Å². The second-order valence-corrected chi connectivity index (χ2v) is 6.82. The molecule has 0 N–H and O–H groups in total. The molecule has 1 heterocycles. The van der Waals surface area contributed by atoms with Gasteiger partial charge in [0.15, 0.2) is 5.76 Å². The van der Waals surface area contributed by atoms with Crippen molar-refractivity contribution in [2.24, 2.45) is 0 Å². The molecule has 4 heteroatoms. The largest absolute Gasteiger partial charge is 0.489 e. The quantitative estimate of drug-likeness (QED) is 0.490. The molecule has 3 aromatic carbocycles. The lowest BCUT2D eigenvalue weighted by molar-refractivity contribution is 0.101. The molecule has 3 nitrogen and oxygen atoms in total. The van der Waals surface area contributed by atoms with Gasteiger partial charge in [-0.1, -0.05) is 60.7 Å². The number of fused-ring (bicyclic) bond motifs is 1. The fourth-order valence-electron chi connectivity index (χ4n) is 2.88. The molecule has 0 aromatic heterocycles. The lowest BCUT2D eigenvalue weighted by Gasteiger charge is -2.07. The van der Waals surface area contributed by atoms with Gasteiger partial charge in [-0.3, -0.25) is 4.79 Å². The van der Waals surface area contributed by atoms with Gasteiger partial charge in [0.2, 0.25) is 5.78 Å². The van der Waals surface area contributed by atoms with E-state index in [-0.39, 0.29) is 11.5 Å². The molecule has 0 saturated heterocycles. The molecule has 4 rings (SSSR count). The molecule has 0 radical (unpaired) electrons. The summed E-state index contributed by atoms with van der Waals surface area (Å²) < 4.78 is 11.6. The van der Waals surface area contributed by atoms with Crippen molar-refractivity contribution in [1.29, 1.82) is 0 Å². The van der Waals surface area contributed by atoms with Crippen LogP contribution < -0.4 is 9.47 Å². The molecule has 0 aliphatic carbocycles. The molecule has 0 saturated carbocycles. The van der Waals surface area contributed by atoms with E-state index in [1.165, 1.54) is 0 Å². The first kappa shape index (κ1) is 18.1. The van der Waals surface area contributed by atoms with Crippen molar-refractivity contribution in [3.05, 3.63) is 106 Å². The molecule has 0 spiro atoms. The Hall–Kier alpha value is -3.30. The zero-order chi connectivity index (χ0) is 19.5. The minimum absolute atomic E-state index is 0.142. The average molecular weight is 389 g/mol. The summed E-state index contributed by atoms with van der Waals surface area (Å²) in [5.74, 6) is 1.29. The van der Waals surface area contributed by atoms with E-state index in [0.29, 0.717) is 28.7 Å². The highest BCUT2D eigenvalue weighted by Gasteiger charge is 2.27. The van der Waals surface area contributed by atoms with Crippen LogP contribution in [-0.2, 0) is 6.61 Å². The standard InChI is InChI=1S/C24H17ClO3/c1-2-16-3-5-18(6-4-16)15-27-20-11-12-21-22(14-20)28-23(24(21)26)13-17-7-9-19(25)10-8-17/h2-14H,1,15H2. The highest BCUT2D eigenvalue weighted by Crippen LogP contribution is 2.35. The molecule has 0 atom stereocenters. The van der Waals surface area contributed by atoms with Crippen molar-refractivity contribution < 1.29 is 14.3 Å². The summed E-state index contributed by atoms with van der Waals surface area (Å²) in [6.07, 6.45) is 3.51. The molecule has 28 heavy (non-hydrogen) atoms. The summed E-state index contributed by atoms with van der Waals surface area (Å²) in [7, 11) is 0. The number of halogens is 1. The number of carbonyl (C=O) groups is 1. The zero-order valence-corrected chi connectivity index (χ0v) is 15.8. The lowest BCUT2D eigenvalue weighted by atomic mass is 10.1. The Morgan fingerprint density at radius 1 is 0.964 bits per heavy atom. The fraction of sp³-hybridized carbons (Fsp3) is 0.0417. The maximum Gasteiger partial charge on any atom is 0.231 e. The van der Waals surface area contributed by atoms with Crippen LogP contribution in [0, 0.1) is 0 Å². The Bertz CT molecular complexity index is 1060. The third-order valence-corrected chi connectivity index (χ3v) is 4.68. The van der Waals surface area contributed by atoms with Gasteiger partial charge in [-0.15, -0.1) is 0 Å². The van der Waals surface area contributed by atoms with E-state index in [9.17, 15) is 4.79 Å². The monoisotopic (exact) mass is 388 g/mol. The van der Waals surface area contributed by atoms with Gasteiger partial charge < -0.3 is 9.47 Å². The first-order valence-corrected chi connectivity index (χ1v) is 9.18. The van der Waals surface area contributed by atoms with Crippen molar-refractivity contribution in [1.82, 2.24) is 0 Å². The number of carbonyl (C=O) groups excluding carboxylic acids is 1. The molecule has 0 amide bonds. The second kappa shape index (κ2) is 7.75. The Balaban J connectivity index is 1.48. The third kappa shape index (κ3) is 3.85. The number of hydrogen-bond donors (Lipinski definition) is 0. The summed E-state index contributed by atoms with van der Waals surface area (Å²) in [6, 6.07) is 20.4. The number of hydrogen-bond acceptors (Lipinski definition) is 3. The van der Waals surface area contributed by atoms with Crippen LogP contribution in [0.15, 0.2) is 79.1 Å². The fourth-order valence-corrected chi connectivity index (χ4v) is 3.01. The molecular weight excluding hydrogens is 372 g/mol. The van der Waals surface area contributed by atoms with Crippen LogP contribution in [0.2, 0.25) is 5.02 Å². The number of allylic oxidation sites excluding steroid dienone is 1. The molecule has 0 unspecified atom stereocenters. The summed E-state index contributed by atoms with van der Waals surface area (Å²) >= 11 is 5.90. The maximum atomic E-state index is 12.6. The van der Waals surface area contributed by atoms with Crippen molar-refractivity contribution >= 4 is 29.5 Å². The van der Waals surface area contributed by atoms with Gasteiger partial charge in [0.05, 0.1) is 5.56 Å². The second-order valence-electron chi connectivity index (χ2n) is 6.38. The van der Waals surface area contributed by atoms with Crippen molar-refractivity contribution in [3.8, 4) is 11.5 Å². The van der Waals surface area contributed by atoms with E-state index in [1.54, 1.807) is 42.5 Å². The molecular formula is C24H17ClO3. The van der Waals surface area contributed by atoms with E-state index >= 15 is 0 Å². The number of ether oxygens (including phenoxy) is 2. The smallest absolute Gasteiger partial charge is 0.231 e. The molecule has 3 aromatic rings. The molecule has 0 fully saturated rings. The summed E-state index contributed by atoms with van der Waals surface area (Å²) in [4.78, 5) is 12.6. The normalized spacial score (nSPS) is 13.9. The van der Waals surface area contributed by atoms with Crippen LogP contribution in [0.4, 0.5) is 0 Å². The molecule has 1 aliphatic heterocycles. The first-order chi connectivity index (χ1) is 13.6. The van der Waals surface area contributed by atoms with E-state index in [2.05, 4.69) is 6.58 Å². The van der Waals surface area contributed by atoms with E-state index in [4.69, 9.17) is 21.1 Å². The van der Waals surface area contributed by atoms with Crippen LogP contribution in [0.5, 0.6) is 11.5 Å². The third-order valence-electron chi connectivity index (χ3n) is 4.43. The van der Waals surface area contributed by atoms with Crippen molar-refractivity contribution in [2.45, 2.75) is 6.61 Å². The predicted octanol–water partition coefficient (Wildman–Crippen LogP) is 6.18. The highest BCUT2D eigenvalue weighted by molar-refractivity contribution is 6.30. The van der Waals surface area contributed by atoms with E-state index in [1.807, 2.05) is 36.4 Å². The van der Waals surface area contributed by atoms with Gasteiger partial charge in [0, 0.05) is 11.1 Å². The summed E-state index contributed by atoms with van der Waals surface area (Å²) in [5, 5.41) is 0.644. The van der Waals surface area contributed by atoms with Gasteiger partial charge in [0.1, 0.15) is 18.1 Å². The number of ketones is 1. The number of Topliss-reactive ketones (excluding diaryl/α,β-unsaturated/α-hetero) is 1. The number of rotatable bonds is 5. The minimum atomic E-state index is -0.142. The zero-order valence-electron chi connectivity index (χ0n) is 15.0. The Kier molecular flexibility index (Phi) is 5.00. The Morgan fingerprint density at radius 3 is 2.39 bits per heavy atom. The molecule has 0 bridgehead atoms. The van der Waals surface area contributed by atoms with Gasteiger partial charge >= 0.3 is 0 Å². The molecule has 138 valence electrons. The van der Waals surface area contributed by atoms with Gasteiger partial charge in [-0.2, -0.15) is 0 Å². The molecule has 1 aliphatic rings. The minimum Gasteiger partial charge on any atom is -0.489 e. The van der Waals surface area contributed by atoms with Crippen LogP contribution in [-0.4, -0.2) is 5.78 Å². The van der Waals surface area contributed by atoms with E-state index < -0.39 is 0 Å².